The van der Waals surface area contributed by atoms with Crippen LogP contribution in [0.15, 0.2) is 24.3 Å². The van der Waals surface area contributed by atoms with E-state index in [1.165, 1.54) is 19.1 Å². The lowest BCUT2D eigenvalue weighted by Crippen LogP contribution is -2.15. The summed E-state index contributed by atoms with van der Waals surface area (Å²) < 4.78 is 53.4. The maximum absolute atomic E-state index is 14.4. The van der Waals surface area contributed by atoms with E-state index in [1.54, 1.807) is 6.92 Å². The summed E-state index contributed by atoms with van der Waals surface area (Å²) in [4.78, 5) is 12.3. The van der Waals surface area contributed by atoms with Gasteiger partial charge in [-0.15, -0.1) is 0 Å². The van der Waals surface area contributed by atoms with Crippen LogP contribution >= 0.6 is 11.6 Å². The fourth-order valence-electron chi connectivity index (χ4n) is 2.78. The maximum Gasteiger partial charge on any atom is 0.419 e. The van der Waals surface area contributed by atoms with Crippen LogP contribution in [0.3, 0.4) is 0 Å². The van der Waals surface area contributed by atoms with Crippen molar-refractivity contribution >= 4 is 28.3 Å². The van der Waals surface area contributed by atoms with E-state index in [0.717, 1.165) is 6.07 Å². The lowest BCUT2D eigenvalue weighted by molar-refractivity contribution is -0.140. The van der Waals surface area contributed by atoms with E-state index >= 15 is 0 Å². The first-order valence-corrected chi connectivity index (χ1v) is 8.36. The minimum absolute atomic E-state index is 0.0195. The number of aromatic nitrogens is 3. The van der Waals surface area contributed by atoms with Gasteiger partial charge in [0, 0.05) is 10.9 Å². The number of fused-ring (bicyclic) bond motifs is 1. The van der Waals surface area contributed by atoms with Crippen LogP contribution in [0.2, 0.25) is 5.15 Å². The van der Waals surface area contributed by atoms with Crippen LogP contribution in [0, 0.1) is 24.1 Å². The number of hydrogen-bond acceptors (Lipinski definition) is 5. The number of hydrogen-bond donors (Lipinski definition) is 1. The summed E-state index contributed by atoms with van der Waals surface area (Å²) in [6.45, 7) is 3.08. The lowest BCUT2D eigenvalue weighted by Gasteiger charge is -2.19. The van der Waals surface area contributed by atoms with Gasteiger partial charge in [-0.2, -0.15) is 18.4 Å². The third-order valence-electron chi connectivity index (χ3n) is 4.02. The summed E-state index contributed by atoms with van der Waals surface area (Å²) in [6.07, 6.45) is -4.81. The lowest BCUT2D eigenvalue weighted by atomic mass is 10.0. The van der Waals surface area contributed by atoms with Crippen molar-refractivity contribution in [1.29, 1.82) is 5.26 Å². The fourth-order valence-corrected chi connectivity index (χ4v) is 2.98. The van der Waals surface area contributed by atoms with Crippen molar-refractivity contribution in [2.45, 2.75) is 26.1 Å². The average Bonchev–Trinajstić information content (AvgIpc) is 2.60. The number of halogens is 5. The molecule has 3 rings (SSSR count). The number of nitrogens with one attached hydrogen (secondary N) is 1. The summed E-state index contributed by atoms with van der Waals surface area (Å²) in [7, 11) is 0. The Balaban J connectivity index is 2.09. The van der Waals surface area contributed by atoms with Gasteiger partial charge in [0.1, 0.15) is 34.2 Å². The standard InChI is InChI=1S/C18H12ClF4N5/c1-8(10-4-3-5-12(15(10)20)18(21,22)23)25-17-11-6-14(19)28-13(7-24)16(11)26-9(2)27-17/h3-6,8H,1-2H3,(H,25,26,27)/t8-/m1/s1. The second-order valence-corrected chi connectivity index (χ2v) is 6.38. The summed E-state index contributed by atoms with van der Waals surface area (Å²) in [5, 5.41) is 12.5. The molecule has 10 heteroatoms. The average molecular weight is 410 g/mol. The smallest absolute Gasteiger partial charge is 0.363 e. The molecule has 0 aliphatic rings. The van der Waals surface area contributed by atoms with E-state index in [2.05, 4.69) is 20.3 Å². The van der Waals surface area contributed by atoms with Crippen molar-refractivity contribution < 1.29 is 17.6 Å². The number of aryl methyl sites for hydroxylation is 1. The summed E-state index contributed by atoms with van der Waals surface area (Å²) in [5.41, 5.74) is -1.31. The molecule has 3 aromatic rings. The van der Waals surface area contributed by atoms with Crippen molar-refractivity contribution in [2.75, 3.05) is 5.32 Å². The maximum atomic E-state index is 14.4. The molecule has 0 fully saturated rings. The quantitative estimate of drug-likeness (QED) is 0.476. The molecule has 0 aliphatic heterocycles. The third-order valence-corrected chi connectivity index (χ3v) is 4.22. The van der Waals surface area contributed by atoms with Crippen molar-refractivity contribution in [1.82, 2.24) is 15.0 Å². The second kappa shape index (κ2) is 7.20. The molecule has 1 N–H and O–H groups in total. The van der Waals surface area contributed by atoms with Crippen molar-refractivity contribution in [3.63, 3.8) is 0 Å². The molecule has 28 heavy (non-hydrogen) atoms. The summed E-state index contributed by atoms with van der Waals surface area (Å²) in [5.74, 6) is -0.859. The van der Waals surface area contributed by atoms with Crippen LogP contribution in [-0.4, -0.2) is 15.0 Å². The van der Waals surface area contributed by atoms with E-state index in [4.69, 9.17) is 11.6 Å². The number of nitrogens with zero attached hydrogens (tertiary/aromatic N) is 4. The zero-order valence-electron chi connectivity index (χ0n) is 14.6. The molecule has 0 saturated heterocycles. The van der Waals surface area contributed by atoms with Gasteiger partial charge in [-0.05, 0) is 26.0 Å². The topological polar surface area (TPSA) is 74.5 Å². The van der Waals surface area contributed by atoms with Crippen molar-refractivity contribution in [3.8, 4) is 6.07 Å². The summed E-state index contributed by atoms with van der Waals surface area (Å²) >= 11 is 5.93. The molecule has 1 atom stereocenters. The minimum atomic E-state index is -4.81. The largest absolute Gasteiger partial charge is 0.419 e. The van der Waals surface area contributed by atoms with E-state index in [0.29, 0.717) is 17.3 Å². The number of pyridine rings is 1. The van der Waals surface area contributed by atoms with Gasteiger partial charge in [0.15, 0.2) is 5.69 Å². The van der Waals surface area contributed by atoms with Crippen LogP contribution in [0.5, 0.6) is 0 Å². The Morgan fingerprint density at radius 3 is 2.57 bits per heavy atom. The predicted octanol–water partition coefficient (Wildman–Crippen LogP) is 5.19. The summed E-state index contributed by atoms with van der Waals surface area (Å²) in [6, 6.07) is 5.52. The van der Waals surface area contributed by atoms with Crippen LogP contribution in [-0.2, 0) is 6.18 Å². The van der Waals surface area contributed by atoms with Crippen LogP contribution in [0.1, 0.15) is 35.6 Å². The van der Waals surface area contributed by atoms with Gasteiger partial charge in [0.05, 0.1) is 11.6 Å². The minimum Gasteiger partial charge on any atom is -0.363 e. The molecule has 0 radical (unpaired) electrons. The van der Waals surface area contributed by atoms with E-state index in [-0.39, 0.29) is 27.7 Å². The number of anilines is 1. The van der Waals surface area contributed by atoms with Gasteiger partial charge < -0.3 is 5.32 Å². The van der Waals surface area contributed by atoms with Gasteiger partial charge >= 0.3 is 6.18 Å². The van der Waals surface area contributed by atoms with Crippen LogP contribution in [0.4, 0.5) is 23.4 Å². The zero-order chi connectivity index (χ0) is 20.6. The zero-order valence-corrected chi connectivity index (χ0v) is 15.3. The Bertz CT molecular complexity index is 1110. The van der Waals surface area contributed by atoms with Gasteiger partial charge in [-0.3, -0.25) is 0 Å². The van der Waals surface area contributed by atoms with Gasteiger partial charge in [0.25, 0.3) is 0 Å². The highest BCUT2D eigenvalue weighted by Gasteiger charge is 2.35. The van der Waals surface area contributed by atoms with Crippen molar-refractivity contribution in [2.24, 2.45) is 0 Å². The normalized spacial score (nSPS) is 12.6. The van der Waals surface area contributed by atoms with Crippen LogP contribution < -0.4 is 5.32 Å². The number of nitriles is 1. The molecule has 5 nitrogen and oxygen atoms in total. The molecular formula is C18H12ClF4N5. The van der Waals surface area contributed by atoms with Crippen molar-refractivity contribution in [3.05, 3.63) is 57.9 Å². The van der Waals surface area contributed by atoms with E-state index in [9.17, 15) is 22.8 Å². The Morgan fingerprint density at radius 1 is 1.21 bits per heavy atom. The molecule has 0 saturated carbocycles. The Morgan fingerprint density at radius 2 is 1.93 bits per heavy atom. The number of alkyl halides is 3. The molecule has 144 valence electrons. The van der Waals surface area contributed by atoms with E-state index < -0.39 is 23.6 Å². The van der Waals surface area contributed by atoms with Crippen LogP contribution in [0.25, 0.3) is 10.9 Å². The fraction of sp³-hybridized carbons (Fsp3) is 0.222. The SMILES string of the molecule is Cc1nc(N[C@H](C)c2cccc(C(F)(F)F)c2F)c2cc(Cl)nc(C#N)c2n1. The second-order valence-electron chi connectivity index (χ2n) is 5.99. The Labute approximate surface area is 162 Å². The first-order valence-electron chi connectivity index (χ1n) is 7.99. The van der Waals surface area contributed by atoms with Gasteiger partial charge in [-0.1, -0.05) is 23.7 Å². The Kier molecular flexibility index (Phi) is 5.08. The van der Waals surface area contributed by atoms with E-state index in [1.807, 2.05) is 6.07 Å². The molecule has 0 amide bonds. The molecule has 0 aliphatic carbocycles. The number of benzene rings is 1. The highest BCUT2D eigenvalue weighted by atomic mass is 35.5. The highest BCUT2D eigenvalue weighted by molar-refractivity contribution is 6.30. The molecule has 2 heterocycles. The predicted molar refractivity (Wildman–Crippen MR) is 95.2 cm³/mol. The molecular weight excluding hydrogens is 398 g/mol. The van der Waals surface area contributed by atoms with Gasteiger partial charge in [0.2, 0.25) is 0 Å². The molecule has 0 spiro atoms. The monoisotopic (exact) mass is 409 g/mol. The first-order chi connectivity index (χ1) is 13.1. The molecule has 0 bridgehead atoms. The first kappa shape index (κ1) is 19.8. The molecule has 0 unspecified atom stereocenters. The number of rotatable bonds is 3. The molecule has 1 aromatic carbocycles. The third kappa shape index (κ3) is 3.68. The van der Waals surface area contributed by atoms with Gasteiger partial charge in [-0.25, -0.2) is 19.3 Å². The highest BCUT2D eigenvalue weighted by Crippen LogP contribution is 2.35. The molecule has 2 aromatic heterocycles. The Hall–Kier alpha value is -2.99.